The third-order valence-corrected chi connectivity index (χ3v) is 3.59. The Morgan fingerprint density at radius 1 is 1.31 bits per heavy atom. The van der Waals surface area contributed by atoms with Gasteiger partial charge in [-0.3, -0.25) is 4.79 Å². The van der Waals surface area contributed by atoms with Crippen molar-refractivity contribution in [1.29, 1.82) is 0 Å². The van der Waals surface area contributed by atoms with Crippen molar-refractivity contribution >= 4 is 5.91 Å². The number of likely N-dealkylation sites (N-methyl/N-ethyl adjacent to an activating group) is 1. The van der Waals surface area contributed by atoms with Gasteiger partial charge >= 0.3 is 0 Å². The molecule has 3 atom stereocenters. The number of hydrogen-bond donors (Lipinski definition) is 1. The Kier molecular flexibility index (Phi) is 2.97. The molecule has 2 N–H and O–H groups in total. The molecule has 86 valence electrons. The average Bonchev–Trinajstić information content (AvgIpc) is 2.32. The fourth-order valence-electron chi connectivity index (χ4n) is 2.42. The molecule has 0 saturated carbocycles. The van der Waals surface area contributed by atoms with Gasteiger partial charge < -0.3 is 10.6 Å². The topological polar surface area (TPSA) is 46.3 Å². The van der Waals surface area contributed by atoms with E-state index in [2.05, 4.69) is 19.1 Å². The zero-order valence-corrected chi connectivity index (χ0v) is 9.76. The predicted octanol–water partition coefficient (Wildman–Crippen LogP) is 1.35. The minimum absolute atomic E-state index is 0.0553. The standard InChI is InChI=1S/C13H18N2O/c1-9-11(10-6-4-3-5-7-10)8-12(14)13(16)15(9)2/h3-7,9,11-12H,8,14H2,1-2H3/t9-,11-,12+/m1/s1. The quantitative estimate of drug-likeness (QED) is 0.773. The lowest BCUT2D eigenvalue weighted by molar-refractivity contribution is -0.136. The van der Waals surface area contributed by atoms with Crippen molar-refractivity contribution in [3.8, 4) is 0 Å². The lowest BCUT2D eigenvalue weighted by atomic mass is 9.82. The second kappa shape index (κ2) is 4.26. The number of rotatable bonds is 1. The van der Waals surface area contributed by atoms with Crippen LogP contribution in [-0.2, 0) is 4.79 Å². The third kappa shape index (κ3) is 1.83. The molecule has 1 amide bonds. The number of carbonyl (C=O) groups is 1. The Labute approximate surface area is 96.2 Å². The molecule has 1 aromatic rings. The van der Waals surface area contributed by atoms with Crippen LogP contribution in [0.3, 0.4) is 0 Å². The van der Waals surface area contributed by atoms with E-state index in [-0.39, 0.29) is 18.0 Å². The molecule has 1 aromatic carbocycles. The maximum Gasteiger partial charge on any atom is 0.239 e. The third-order valence-electron chi connectivity index (χ3n) is 3.59. The second-order valence-electron chi connectivity index (χ2n) is 4.55. The molecule has 1 aliphatic heterocycles. The Morgan fingerprint density at radius 2 is 1.94 bits per heavy atom. The van der Waals surface area contributed by atoms with Crippen LogP contribution in [0.2, 0.25) is 0 Å². The molecule has 0 bridgehead atoms. The summed E-state index contributed by atoms with van der Waals surface area (Å²) in [5.41, 5.74) is 7.14. The largest absolute Gasteiger partial charge is 0.341 e. The molecule has 0 spiro atoms. The van der Waals surface area contributed by atoms with Crippen LogP contribution in [0.25, 0.3) is 0 Å². The molecular formula is C13H18N2O. The highest BCUT2D eigenvalue weighted by atomic mass is 16.2. The van der Waals surface area contributed by atoms with Gasteiger partial charge in [0.05, 0.1) is 6.04 Å². The van der Waals surface area contributed by atoms with Crippen molar-refractivity contribution in [3.05, 3.63) is 35.9 Å². The molecule has 1 fully saturated rings. The van der Waals surface area contributed by atoms with Crippen molar-refractivity contribution < 1.29 is 4.79 Å². The van der Waals surface area contributed by atoms with Gasteiger partial charge in [0.1, 0.15) is 0 Å². The first-order valence-corrected chi connectivity index (χ1v) is 5.68. The molecule has 16 heavy (non-hydrogen) atoms. The normalized spacial score (nSPS) is 30.6. The van der Waals surface area contributed by atoms with E-state index in [1.807, 2.05) is 25.2 Å². The van der Waals surface area contributed by atoms with Gasteiger partial charge in [-0.25, -0.2) is 0 Å². The van der Waals surface area contributed by atoms with E-state index >= 15 is 0 Å². The van der Waals surface area contributed by atoms with Gasteiger partial charge in [-0.05, 0) is 18.9 Å². The first kappa shape index (κ1) is 11.1. The zero-order chi connectivity index (χ0) is 11.7. The van der Waals surface area contributed by atoms with Crippen molar-refractivity contribution in [2.75, 3.05) is 7.05 Å². The van der Waals surface area contributed by atoms with Gasteiger partial charge in [-0.2, -0.15) is 0 Å². The van der Waals surface area contributed by atoms with Crippen LogP contribution in [0.15, 0.2) is 30.3 Å². The van der Waals surface area contributed by atoms with Gasteiger partial charge in [0.15, 0.2) is 0 Å². The Morgan fingerprint density at radius 3 is 2.56 bits per heavy atom. The maximum atomic E-state index is 11.7. The number of likely N-dealkylation sites (tertiary alicyclic amines) is 1. The molecule has 1 heterocycles. The van der Waals surface area contributed by atoms with Gasteiger partial charge in [0.2, 0.25) is 5.91 Å². The van der Waals surface area contributed by atoms with Gasteiger partial charge in [0, 0.05) is 19.0 Å². The first-order chi connectivity index (χ1) is 7.61. The molecule has 0 radical (unpaired) electrons. The van der Waals surface area contributed by atoms with E-state index in [0.717, 1.165) is 6.42 Å². The number of piperidine rings is 1. The summed E-state index contributed by atoms with van der Waals surface area (Å²) in [4.78, 5) is 13.5. The zero-order valence-electron chi connectivity index (χ0n) is 9.76. The van der Waals surface area contributed by atoms with Crippen molar-refractivity contribution in [1.82, 2.24) is 4.90 Å². The van der Waals surface area contributed by atoms with Gasteiger partial charge in [-0.1, -0.05) is 30.3 Å². The predicted molar refractivity (Wildman–Crippen MR) is 64.0 cm³/mol. The summed E-state index contributed by atoms with van der Waals surface area (Å²) in [5, 5.41) is 0. The van der Waals surface area contributed by atoms with Crippen LogP contribution in [0.1, 0.15) is 24.8 Å². The number of nitrogens with two attached hydrogens (primary N) is 1. The van der Waals surface area contributed by atoms with E-state index in [1.165, 1.54) is 5.56 Å². The van der Waals surface area contributed by atoms with Crippen LogP contribution >= 0.6 is 0 Å². The summed E-state index contributed by atoms with van der Waals surface area (Å²) in [6.45, 7) is 2.08. The SMILES string of the molecule is C[C@@H]1[C@H](c2ccccc2)C[C@H](N)C(=O)N1C. The van der Waals surface area contributed by atoms with Crippen molar-refractivity contribution in [3.63, 3.8) is 0 Å². The van der Waals surface area contributed by atoms with Crippen LogP contribution in [0.5, 0.6) is 0 Å². The first-order valence-electron chi connectivity index (χ1n) is 5.68. The Bertz CT molecular complexity index is 377. The molecule has 3 nitrogen and oxygen atoms in total. The number of hydrogen-bond acceptors (Lipinski definition) is 2. The Balaban J connectivity index is 2.26. The second-order valence-corrected chi connectivity index (χ2v) is 4.55. The summed E-state index contributed by atoms with van der Waals surface area (Å²) in [5.74, 6) is 0.401. The number of amides is 1. The molecular weight excluding hydrogens is 200 g/mol. The van der Waals surface area contributed by atoms with E-state index in [4.69, 9.17) is 5.73 Å². The molecule has 0 aromatic heterocycles. The highest BCUT2D eigenvalue weighted by Gasteiger charge is 2.36. The van der Waals surface area contributed by atoms with Crippen LogP contribution in [0.4, 0.5) is 0 Å². The van der Waals surface area contributed by atoms with E-state index in [0.29, 0.717) is 5.92 Å². The average molecular weight is 218 g/mol. The molecule has 1 saturated heterocycles. The van der Waals surface area contributed by atoms with E-state index in [9.17, 15) is 4.79 Å². The van der Waals surface area contributed by atoms with Gasteiger partial charge in [0.25, 0.3) is 0 Å². The minimum Gasteiger partial charge on any atom is -0.341 e. The van der Waals surface area contributed by atoms with E-state index in [1.54, 1.807) is 4.90 Å². The molecule has 1 aliphatic rings. The van der Waals surface area contributed by atoms with Crippen LogP contribution in [0, 0.1) is 0 Å². The molecule has 3 heteroatoms. The molecule has 0 aliphatic carbocycles. The summed E-state index contributed by atoms with van der Waals surface area (Å²) < 4.78 is 0. The maximum absolute atomic E-state index is 11.7. The number of carbonyl (C=O) groups excluding carboxylic acids is 1. The Hall–Kier alpha value is -1.35. The number of benzene rings is 1. The highest BCUT2D eigenvalue weighted by Crippen LogP contribution is 2.31. The number of nitrogens with zero attached hydrogens (tertiary/aromatic N) is 1. The summed E-state index contributed by atoms with van der Waals surface area (Å²) >= 11 is 0. The van der Waals surface area contributed by atoms with Crippen LogP contribution in [-0.4, -0.2) is 29.9 Å². The lowest BCUT2D eigenvalue weighted by Gasteiger charge is -2.39. The van der Waals surface area contributed by atoms with Crippen molar-refractivity contribution in [2.45, 2.75) is 31.3 Å². The van der Waals surface area contributed by atoms with Gasteiger partial charge in [-0.15, -0.1) is 0 Å². The molecule has 2 rings (SSSR count). The summed E-state index contributed by atoms with van der Waals surface area (Å²) in [7, 11) is 1.84. The van der Waals surface area contributed by atoms with Crippen molar-refractivity contribution in [2.24, 2.45) is 5.73 Å². The molecule has 0 unspecified atom stereocenters. The van der Waals surface area contributed by atoms with E-state index < -0.39 is 0 Å². The summed E-state index contributed by atoms with van der Waals surface area (Å²) in [6, 6.07) is 10.1. The highest BCUT2D eigenvalue weighted by molar-refractivity contribution is 5.82. The monoisotopic (exact) mass is 218 g/mol. The smallest absolute Gasteiger partial charge is 0.239 e. The lowest BCUT2D eigenvalue weighted by Crippen LogP contribution is -2.53. The summed E-state index contributed by atoms with van der Waals surface area (Å²) in [6.07, 6.45) is 0.744. The minimum atomic E-state index is -0.355. The fourth-order valence-corrected chi connectivity index (χ4v) is 2.42. The fraction of sp³-hybridized carbons (Fsp3) is 0.462. The van der Waals surface area contributed by atoms with Crippen LogP contribution < -0.4 is 5.73 Å².